The molecule has 1 atom stereocenters. The number of hydrogen-bond donors (Lipinski definition) is 4. The van der Waals surface area contributed by atoms with Gasteiger partial charge in [0, 0.05) is 30.8 Å². The van der Waals surface area contributed by atoms with Crippen molar-refractivity contribution in [2.75, 3.05) is 37.5 Å². The number of carbonyl (C=O) groups excluding carboxylic acids is 2. The Bertz CT molecular complexity index is 550. The van der Waals surface area contributed by atoms with Gasteiger partial charge in [-0.25, -0.2) is 4.79 Å². The highest BCUT2D eigenvalue weighted by Gasteiger charge is 2.17. The average molecular weight is 345 g/mol. The van der Waals surface area contributed by atoms with Crippen LogP contribution in [0.1, 0.15) is 6.42 Å². The number of halogens is 1. The third-order valence-corrected chi connectivity index (χ3v) is 3.17. The van der Waals surface area contributed by atoms with Gasteiger partial charge in [0.1, 0.15) is 5.75 Å². The molecule has 0 spiro atoms. The monoisotopic (exact) mass is 344 g/mol. The van der Waals surface area contributed by atoms with Crippen molar-refractivity contribution in [3.63, 3.8) is 0 Å². The Hall–Kier alpha value is -2.03. The normalized spacial score (nSPS) is 16.8. The molecule has 2 rings (SSSR count). The predicted octanol–water partition coefficient (Wildman–Crippen LogP) is 0.925. The van der Waals surface area contributed by atoms with Crippen LogP contribution >= 0.6 is 12.4 Å². The van der Waals surface area contributed by atoms with Gasteiger partial charge in [0.2, 0.25) is 5.91 Å². The van der Waals surface area contributed by atoms with E-state index < -0.39 is 6.03 Å². The van der Waals surface area contributed by atoms with E-state index in [2.05, 4.69) is 16.0 Å². The summed E-state index contributed by atoms with van der Waals surface area (Å²) in [7, 11) is 1.47. The molecule has 1 heterocycles. The van der Waals surface area contributed by atoms with Gasteiger partial charge in [-0.15, -0.1) is 12.4 Å². The number of anilines is 2. The van der Waals surface area contributed by atoms with Crippen LogP contribution in [0.15, 0.2) is 18.2 Å². The third kappa shape index (κ3) is 5.93. The number of morpholine rings is 1. The van der Waals surface area contributed by atoms with E-state index in [9.17, 15) is 9.59 Å². The Kier molecular flexibility index (Phi) is 7.60. The molecule has 0 radical (unpaired) electrons. The Morgan fingerprint density at radius 1 is 1.43 bits per heavy atom. The summed E-state index contributed by atoms with van der Waals surface area (Å²) in [5, 5.41) is 8.45. The molecular weight excluding hydrogens is 324 g/mol. The minimum atomic E-state index is -0.682. The molecule has 128 valence electrons. The second-order valence-corrected chi connectivity index (χ2v) is 4.88. The van der Waals surface area contributed by atoms with Gasteiger partial charge >= 0.3 is 6.03 Å². The topological polar surface area (TPSA) is 115 Å². The van der Waals surface area contributed by atoms with Crippen LogP contribution < -0.4 is 26.4 Å². The summed E-state index contributed by atoms with van der Waals surface area (Å²) in [4.78, 5) is 22.9. The molecule has 9 heteroatoms. The fourth-order valence-electron chi connectivity index (χ4n) is 2.19. The van der Waals surface area contributed by atoms with Crippen LogP contribution in [0, 0.1) is 0 Å². The van der Waals surface area contributed by atoms with E-state index in [4.69, 9.17) is 15.2 Å². The fraction of sp³-hybridized carbons (Fsp3) is 0.429. The second-order valence-electron chi connectivity index (χ2n) is 4.88. The fourth-order valence-corrected chi connectivity index (χ4v) is 2.19. The van der Waals surface area contributed by atoms with Gasteiger partial charge in [-0.3, -0.25) is 4.79 Å². The summed E-state index contributed by atoms with van der Waals surface area (Å²) >= 11 is 0. The molecule has 23 heavy (non-hydrogen) atoms. The van der Waals surface area contributed by atoms with E-state index in [-0.39, 0.29) is 24.4 Å². The standard InChI is InChI=1S/C14H20N4O4.ClH/c1-21-12-6-9(2-3-11(12)18-14(15)20)17-13(19)7-10-8-22-5-4-16-10;/h2-3,6,10,16H,4-5,7-8H2,1H3,(H,17,19)(H3,15,18,20);1H. The Labute approximate surface area is 140 Å². The highest BCUT2D eigenvalue weighted by atomic mass is 35.5. The molecular formula is C14H21ClN4O4. The number of amides is 3. The maximum Gasteiger partial charge on any atom is 0.316 e. The molecule has 1 unspecified atom stereocenters. The van der Waals surface area contributed by atoms with Crippen LogP contribution in [0.2, 0.25) is 0 Å². The SMILES string of the molecule is COc1cc(NC(=O)CC2COCCN2)ccc1NC(N)=O.Cl. The molecule has 3 amide bonds. The second kappa shape index (κ2) is 9.19. The zero-order chi connectivity index (χ0) is 15.9. The Balaban J connectivity index is 0.00000264. The van der Waals surface area contributed by atoms with E-state index in [0.29, 0.717) is 36.8 Å². The molecule has 0 aliphatic carbocycles. The molecule has 1 aromatic carbocycles. The van der Waals surface area contributed by atoms with Crippen molar-refractivity contribution in [1.82, 2.24) is 5.32 Å². The number of benzene rings is 1. The molecule has 0 aromatic heterocycles. The van der Waals surface area contributed by atoms with Crippen LogP contribution in [0.25, 0.3) is 0 Å². The van der Waals surface area contributed by atoms with Gasteiger partial charge in [-0.05, 0) is 12.1 Å². The number of urea groups is 1. The number of nitrogens with one attached hydrogen (secondary N) is 3. The predicted molar refractivity (Wildman–Crippen MR) is 89.3 cm³/mol. The van der Waals surface area contributed by atoms with Crippen molar-refractivity contribution in [2.45, 2.75) is 12.5 Å². The average Bonchev–Trinajstić information content (AvgIpc) is 2.49. The zero-order valence-corrected chi connectivity index (χ0v) is 13.6. The van der Waals surface area contributed by atoms with Crippen molar-refractivity contribution in [3.8, 4) is 5.75 Å². The zero-order valence-electron chi connectivity index (χ0n) is 12.8. The first-order valence-electron chi connectivity index (χ1n) is 6.94. The van der Waals surface area contributed by atoms with E-state index in [0.717, 1.165) is 6.54 Å². The molecule has 1 aliphatic rings. The molecule has 8 nitrogen and oxygen atoms in total. The van der Waals surface area contributed by atoms with Crippen molar-refractivity contribution in [1.29, 1.82) is 0 Å². The van der Waals surface area contributed by atoms with Crippen LogP contribution in [0.3, 0.4) is 0 Å². The van der Waals surface area contributed by atoms with Crippen molar-refractivity contribution in [2.24, 2.45) is 5.73 Å². The first-order chi connectivity index (χ1) is 10.6. The van der Waals surface area contributed by atoms with Gasteiger partial charge in [0.15, 0.2) is 0 Å². The van der Waals surface area contributed by atoms with Gasteiger partial charge in [0.05, 0.1) is 26.0 Å². The van der Waals surface area contributed by atoms with Crippen molar-refractivity contribution < 1.29 is 19.1 Å². The number of hydrogen-bond acceptors (Lipinski definition) is 5. The molecule has 1 aromatic rings. The Morgan fingerprint density at radius 3 is 2.83 bits per heavy atom. The highest BCUT2D eigenvalue weighted by Crippen LogP contribution is 2.27. The van der Waals surface area contributed by atoms with Crippen LogP contribution in [-0.2, 0) is 9.53 Å². The Morgan fingerprint density at radius 2 is 2.22 bits per heavy atom. The van der Waals surface area contributed by atoms with Gasteiger partial charge in [0.25, 0.3) is 0 Å². The van der Waals surface area contributed by atoms with Crippen LogP contribution in [0.4, 0.5) is 16.2 Å². The molecule has 5 N–H and O–H groups in total. The quantitative estimate of drug-likeness (QED) is 0.634. The number of nitrogens with two attached hydrogens (primary N) is 1. The maximum atomic E-state index is 12.0. The number of primary amides is 1. The first-order valence-corrected chi connectivity index (χ1v) is 6.94. The van der Waals surface area contributed by atoms with Crippen LogP contribution in [-0.4, -0.2) is 44.8 Å². The largest absolute Gasteiger partial charge is 0.494 e. The minimum Gasteiger partial charge on any atom is -0.494 e. The van der Waals surface area contributed by atoms with E-state index in [1.807, 2.05) is 0 Å². The van der Waals surface area contributed by atoms with Gasteiger partial charge in [-0.1, -0.05) is 0 Å². The maximum absolute atomic E-state index is 12.0. The third-order valence-electron chi connectivity index (χ3n) is 3.17. The van der Waals surface area contributed by atoms with Crippen molar-refractivity contribution in [3.05, 3.63) is 18.2 Å². The summed E-state index contributed by atoms with van der Waals surface area (Å²) in [6.45, 7) is 1.95. The van der Waals surface area contributed by atoms with E-state index in [1.54, 1.807) is 18.2 Å². The molecule has 0 saturated carbocycles. The van der Waals surface area contributed by atoms with Crippen molar-refractivity contribution >= 4 is 35.7 Å². The molecule has 1 saturated heterocycles. The van der Waals surface area contributed by atoms with Crippen LogP contribution in [0.5, 0.6) is 5.75 Å². The molecule has 0 bridgehead atoms. The number of carbonyl (C=O) groups is 2. The summed E-state index contributed by atoms with van der Waals surface area (Å²) in [6.07, 6.45) is 0.323. The lowest BCUT2D eigenvalue weighted by molar-refractivity contribution is -0.117. The first kappa shape index (κ1) is 19.0. The lowest BCUT2D eigenvalue weighted by Gasteiger charge is -2.23. The minimum absolute atomic E-state index is 0. The smallest absolute Gasteiger partial charge is 0.316 e. The summed E-state index contributed by atoms with van der Waals surface area (Å²) in [5.41, 5.74) is 6.09. The summed E-state index contributed by atoms with van der Waals surface area (Å²) in [5.74, 6) is 0.288. The molecule has 1 fully saturated rings. The number of rotatable bonds is 5. The molecule has 1 aliphatic heterocycles. The number of ether oxygens (including phenoxy) is 2. The lowest BCUT2D eigenvalue weighted by atomic mass is 10.2. The lowest BCUT2D eigenvalue weighted by Crippen LogP contribution is -2.43. The van der Waals surface area contributed by atoms with Gasteiger partial charge < -0.3 is 31.2 Å². The van der Waals surface area contributed by atoms with Gasteiger partial charge in [-0.2, -0.15) is 0 Å². The van der Waals surface area contributed by atoms with E-state index >= 15 is 0 Å². The summed E-state index contributed by atoms with van der Waals surface area (Å²) in [6, 6.07) is 4.23. The van der Waals surface area contributed by atoms with E-state index in [1.165, 1.54) is 7.11 Å². The number of methoxy groups -OCH3 is 1. The summed E-state index contributed by atoms with van der Waals surface area (Å²) < 4.78 is 10.5. The highest BCUT2D eigenvalue weighted by molar-refractivity contribution is 5.93.